The van der Waals surface area contributed by atoms with Crippen molar-refractivity contribution in [3.63, 3.8) is 0 Å². The first-order valence-electron chi connectivity index (χ1n) is 11.3. The average Bonchev–Trinajstić information content (AvgIpc) is 3.31. The average molecular weight is 452 g/mol. The van der Waals surface area contributed by atoms with Gasteiger partial charge >= 0.3 is 0 Å². The van der Waals surface area contributed by atoms with Crippen LogP contribution in [0.15, 0.2) is 77.4 Å². The van der Waals surface area contributed by atoms with E-state index in [1.54, 1.807) is 23.1 Å². The SMILES string of the molecule is Cc1ncc2c(c1CNC(=O)C=Cc1ccccc1)CCN(C(=O)c1cc3ccccc3o1)C2. The second-order valence-electron chi connectivity index (χ2n) is 8.41. The highest BCUT2D eigenvalue weighted by atomic mass is 16.3. The lowest BCUT2D eigenvalue weighted by molar-refractivity contribution is -0.116. The third kappa shape index (κ3) is 4.48. The Bertz CT molecular complexity index is 1360. The standard InChI is InChI=1S/C28H25N3O3/c1-19-24(17-30-27(32)12-11-20-7-3-2-4-8-20)23-13-14-31(18-22(23)16-29-19)28(33)26-15-21-9-5-6-10-25(21)34-26/h2-12,15-16H,13-14,17-18H2,1H3,(H,30,32). The second kappa shape index (κ2) is 9.35. The Morgan fingerprint density at radius 3 is 2.74 bits per heavy atom. The van der Waals surface area contributed by atoms with Gasteiger partial charge in [-0.25, -0.2) is 0 Å². The summed E-state index contributed by atoms with van der Waals surface area (Å²) in [5.74, 6) is 0.0732. The molecular formula is C28H25N3O3. The number of fused-ring (bicyclic) bond motifs is 2. The first-order valence-corrected chi connectivity index (χ1v) is 11.3. The number of furan rings is 1. The number of hydrogen-bond acceptors (Lipinski definition) is 4. The van der Waals surface area contributed by atoms with E-state index in [4.69, 9.17) is 4.42 Å². The summed E-state index contributed by atoms with van der Waals surface area (Å²) in [6.45, 7) is 3.40. The minimum absolute atomic E-state index is 0.122. The van der Waals surface area contributed by atoms with E-state index in [2.05, 4.69) is 10.3 Å². The molecule has 1 N–H and O–H groups in total. The molecule has 1 aliphatic heterocycles. The fraction of sp³-hybridized carbons (Fsp3) is 0.179. The maximum atomic E-state index is 13.1. The highest BCUT2D eigenvalue weighted by molar-refractivity contribution is 5.96. The fourth-order valence-corrected chi connectivity index (χ4v) is 4.34. The molecule has 0 unspecified atom stereocenters. The van der Waals surface area contributed by atoms with Crippen LogP contribution in [0.2, 0.25) is 0 Å². The zero-order valence-electron chi connectivity index (χ0n) is 19.0. The molecule has 0 saturated carbocycles. The number of hydrogen-bond donors (Lipinski definition) is 1. The van der Waals surface area contributed by atoms with Crippen molar-refractivity contribution in [1.29, 1.82) is 0 Å². The highest BCUT2D eigenvalue weighted by Crippen LogP contribution is 2.26. The van der Waals surface area contributed by atoms with Gasteiger partial charge in [0.1, 0.15) is 5.58 Å². The van der Waals surface area contributed by atoms with Gasteiger partial charge in [0.2, 0.25) is 5.91 Å². The molecular weight excluding hydrogens is 426 g/mol. The van der Waals surface area contributed by atoms with Gasteiger partial charge in [-0.15, -0.1) is 0 Å². The molecule has 0 bridgehead atoms. The molecule has 5 rings (SSSR count). The Morgan fingerprint density at radius 1 is 1.12 bits per heavy atom. The van der Waals surface area contributed by atoms with Crippen molar-refractivity contribution in [3.05, 3.63) is 107 Å². The van der Waals surface area contributed by atoms with Crippen molar-refractivity contribution >= 4 is 28.9 Å². The number of carbonyl (C=O) groups is 2. The maximum absolute atomic E-state index is 13.1. The van der Waals surface area contributed by atoms with Gasteiger partial charge in [0, 0.05) is 43.0 Å². The van der Waals surface area contributed by atoms with Gasteiger partial charge in [-0.3, -0.25) is 14.6 Å². The third-order valence-electron chi connectivity index (χ3n) is 6.19. The molecule has 1 aliphatic rings. The molecule has 170 valence electrons. The summed E-state index contributed by atoms with van der Waals surface area (Å²) in [7, 11) is 0. The highest BCUT2D eigenvalue weighted by Gasteiger charge is 2.26. The molecule has 0 spiro atoms. The van der Waals surface area contributed by atoms with Gasteiger partial charge in [0.25, 0.3) is 5.91 Å². The zero-order valence-corrected chi connectivity index (χ0v) is 19.0. The van der Waals surface area contributed by atoms with E-state index in [9.17, 15) is 9.59 Å². The van der Waals surface area contributed by atoms with Crippen LogP contribution in [-0.4, -0.2) is 28.2 Å². The first-order chi connectivity index (χ1) is 16.6. The van der Waals surface area contributed by atoms with E-state index >= 15 is 0 Å². The lowest BCUT2D eigenvalue weighted by atomic mass is 9.94. The number of rotatable bonds is 5. The smallest absolute Gasteiger partial charge is 0.289 e. The quantitative estimate of drug-likeness (QED) is 0.448. The van der Waals surface area contributed by atoms with Crippen LogP contribution in [0.5, 0.6) is 0 Å². The fourth-order valence-electron chi connectivity index (χ4n) is 4.34. The molecule has 6 heteroatoms. The number of benzene rings is 2. The van der Waals surface area contributed by atoms with Crippen LogP contribution in [-0.2, 0) is 24.3 Å². The van der Waals surface area contributed by atoms with Crippen LogP contribution >= 0.6 is 0 Å². The number of para-hydroxylation sites is 1. The minimum atomic E-state index is -0.154. The molecule has 0 saturated heterocycles. The molecule has 34 heavy (non-hydrogen) atoms. The number of aromatic nitrogens is 1. The molecule has 2 aromatic carbocycles. The Balaban J connectivity index is 1.28. The maximum Gasteiger partial charge on any atom is 0.289 e. The Kier molecular flexibility index (Phi) is 5.95. The number of nitrogens with zero attached hydrogens (tertiary/aromatic N) is 2. The lowest BCUT2D eigenvalue weighted by Gasteiger charge is -2.30. The molecule has 2 amide bonds. The van der Waals surface area contributed by atoms with Crippen LogP contribution in [0.25, 0.3) is 17.0 Å². The van der Waals surface area contributed by atoms with E-state index in [0.29, 0.717) is 37.4 Å². The lowest BCUT2D eigenvalue weighted by Crippen LogP contribution is -2.37. The monoisotopic (exact) mass is 451 g/mol. The van der Waals surface area contributed by atoms with Crippen molar-refractivity contribution in [2.45, 2.75) is 26.4 Å². The van der Waals surface area contributed by atoms with Gasteiger partial charge < -0.3 is 14.6 Å². The third-order valence-corrected chi connectivity index (χ3v) is 6.19. The minimum Gasteiger partial charge on any atom is -0.451 e. The van der Waals surface area contributed by atoms with Crippen molar-refractivity contribution in [3.8, 4) is 0 Å². The number of carbonyl (C=O) groups excluding carboxylic acids is 2. The van der Waals surface area contributed by atoms with Gasteiger partial charge in [-0.05, 0) is 53.8 Å². The van der Waals surface area contributed by atoms with Crippen LogP contribution in [0.4, 0.5) is 0 Å². The van der Waals surface area contributed by atoms with Crippen molar-refractivity contribution in [1.82, 2.24) is 15.2 Å². The van der Waals surface area contributed by atoms with Crippen LogP contribution in [0.3, 0.4) is 0 Å². The number of nitrogens with one attached hydrogen (secondary N) is 1. The van der Waals surface area contributed by atoms with Gasteiger partial charge in [-0.2, -0.15) is 0 Å². The molecule has 2 aromatic heterocycles. The van der Waals surface area contributed by atoms with E-state index in [1.807, 2.05) is 67.7 Å². The number of pyridine rings is 1. The Hall–Kier alpha value is -4.19. The molecule has 0 aliphatic carbocycles. The van der Waals surface area contributed by atoms with Gasteiger partial charge in [0.15, 0.2) is 5.76 Å². The number of amides is 2. The van der Waals surface area contributed by atoms with Crippen molar-refractivity contribution < 1.29 is 14.0 Å². The van der Waals surface area contributed by atoms with Crippen molar-refractivity contribution in [2.24, 2.45) is 0 Å². The summed E-state index contributed by atoms with van der Waals surface area (Å²) >= 11 is 0. The van der Waals surface area contributed by atoms with E-state index in [-0.39, 0.29) is 11.8 Å². The topological polar surface area (TPSA) is 75.4 Å². The summed E-state index contributed by atoms with van der Waals surface area (Å²) in [6, 6.07) is 19.1. The summed E-state index contributed by atoms with van der Waals surface area (Å²) < 4.78 is 5.77. The van der Waals surface area contributed by atoms with E-state index in [0.717, 1.165) is 33.3 Å². The van der Waals surface area contributed by atoms with E-state index < -0.39 is 0 Å². The summed E-state index contributed by atoms with van der Waals surface area (Å²) in [5.41, 5.74) is 5.76. The van der Waals surface area contributed by atoms with E-state index in [1.165, 1.54) is 0 Å². The second-order valence-corrected chi connectivity index (χ2v) is 8.41. The predicted octanol–water partition coefficient (Wildman–Crippen LogP) is 4.66. The molecule has 0 fully saturated rings. The number of aryl methyl sites for hydroxylation is 1. The molecule has 4 aromatic rings. The molecule has 0 atom stereocenters. The van der Waals surface area contributed by atoms with Crippen LogP contribution in [0.1, 0.15) is 38.5 Å². The molecule has 6 nitrogen and oxygen atoms in total. The van der Waals surface area contributed by atoms with Gasteiger partial charge in [-0.1, -0.05) is 48.5 Å². The normalized spacial score (nSPS) is 13.3. The largest absolute Gasteiger partial charge is 0.451 e. The summed E-state index contributed by atoms with van der Waals surface area (Å²) in [4.78, 5) is 31.8. The summed E-state index contributed by atoms with van der Waals surface area (Å²) in [5, 5.41) is 3.89. The Labute approximate surface area is 197 Å². The molecule has 3 heterocycles. The Morgan fingerprint density at radius 2 is 1.91 bits per heavy atom. The first kappa shape index (κ1) is 21.6. The zero-order chi connectivity index (χ0) is 23.5. The predicted molar refractivity (Wildman–Crippen MR) is 131 cm³/mol. The molecule has 0 radical (unpaired) electrons. The van der Waals surface area contributed by atoms with Crippen LogP contribution in [0, 0.1) is 6.92 Å². The summed E-state index contributed by atoms with van der Waals surface area (Å²) in [6.07, 6.45) is 5.88. The van der Waals surface area contributed by atoms with Crippen molar-refractivity contribution in [2.75, 3.05) is 6.54 Å². The van der Waals surface area contributed by atoms with Crippen LogP contribution < -0.4 is 5.32 Å². The van der Waals surface area contributed by atoms with Gasteiger partial charge in [0.05, 0.1) is 0 Å².